The molecular formula is C6H11N2Y-. The molecule has 0 bridgehead atoms. The molecule has 1 radical (unpaired) electrons. The van der Waals surface area contributed by atoms with Gasteiger partial charge in [0.05, 0.1) is 0 Å². The molecule has 9 heavy (non-hydrogen) atoms. The number of nitrogens with zero attached hydrogens (tertiary/aromatic N) is 2. The first-order valence-electron chi connectivity index (χ1n) is 2.79. The Bertz CT molecular complexity index is 115. The van der Waals surface area contributed by atoms with Crippen LogP contribution >= 0.6 is 0 Å². The fraction of sp³-hybridized carbons (Fsp3) is 0.500. The number of aryl methyl sites for hydroxylation is 1. The molecule has 1 aromatic heterocycles. The third kappa shape index (κ3) is 6.20. The van der Waals surface area contributed by atoms with Crippen molar-refractivity contribution in [2.45, 2.75) is 20.8 Å². The van der Waals surface area contributed by atoms with E-state index < -0.39 is 0 Å². The Labute approximate surface area is 81.3 Å². The van der Waals surface area contributed by atoms with Gasteiger partial charge < -0.3 is 9.97 Å². The van der Waals surface area contributed by atoms with Crippen molar-refractivity contribution in [1.29, 1.82) is 0 Å². The van der Waals surface area contributed by atoms with Crippen LogP contribution in [0.25, 0.3) is 0 Å². The first kappa shape index (κ1) is 12.0. The van der Waals surface area contributed by atoms with Crippen molar-refractivity contribution in [2.75, 3.05) is 0 Å². The topological polar surface area (TPSA) is 27.0 Å². The van der Waals surface area contributed by atoms with E-state index in [0.717, 1.165) is 5.69 Å². The summed E-state index contributed by atoms with van der Waals surface area (Å²) < 4.78 is 0. The normalized spacial score (nSPS) is 6.56. The van der Waals surface area contributed by atoms with Crippen molar-refractivity contribution in [3.8, 4) is 0 Å². The van der Waals surface area contributed by atoms with Crippen molar-refractivity contribution in [3.63, 3.8) is 0 Å². The van der Waals surface area contributed by atoms with Gasteiger partial charge in [0, 0.05) is 32.7 Å². The second-order valence-electron chi connectivity index (χ2n) is 1.16. The van der Waals surface area contributed by atoms with Crippen molar-refractivity contribution in [1.82, 2.24) is 9.97 Å². The molecule has 0 unspecified atom stereocenters. The van der Waals surface area contributed by atoms with Crippen molar-refractivity contribution in [3.05, 3.63) is 18.2 Å². The second-order valence-corrected chi connectivity index (χ2v) is 1.16. The first-order chi connectivity index (χ1) is 3.89. The van der Waals surface area contributed by atoms with Gasteiger partial charge in [0.25, 0.3) is 0 Å². The zero-order chi connectivity index (χ0) is 6.41. The van der Waals surface area contributed by atoms with E-state index in [0.29, 0.717) is 0 Å². The van der Waals surface area contributed by atoms with Crippen LogP contribution in [0.2, 0.25) is 0 Å². The minimum absolute atomic E-state index is 0. The molecule has 0 aromatic carbocycles. The molecule has 0 aliphatic rings. The van der Waals surface area contributed by atoms with Gasteiger partial charge in [-0.3, -0.25) is 0 Å². The van der Waals surface area contributed by atoms with Crippen molar-refractivity contribution < 1.29 is 32.7 Å². The summed E-state index contributed by atoms with van der Waals surface area (Å²) in [5.41, 5.74) is 0.981. The summed E-state index contributed by atoms with van der Waals surface area (Å²) in [5.74, 6) is 0. The molecule has 2 nitrogen and oxygen atoms in total. The molecule has 1 rings (SSSR count). The summed E-state index contributed by atoms with van der Waals surface area (Å²) in [4.78, 5) is 7.52. The maximum absolute atomic E-state index is 3.81. The van der Waals surface area contributed by atoms with Gasteiger partial charge in [-0.1, -0.05) is 32.1 Å². The summed E-state index contributed by atoms with van der Waals surface area (Å²) in [6, 6.07) is 0. The number of hydrogen-bond acceptors (Lipinski definition) is 1. The van der Waals surface area contributed by atoms with E-state index in [4.69, 9.17) is 0 Å². The Morgan fingerprint density at radius 2 is 2.00 bits per heavy atom. The van der Waals surface area contributed by atoms with Crippen LogP contribution in [0, 0.1) is 6.92 Å². The fourth-order valence-electron chi connectivity index (χ4n) is 0.299. The van der Waals surface area contributed by atoms with Gasteiger partial charge in [-0.2, -0.15) is 0 Å². The van der Waals surface area contributed by atoms with Crippen molar-refractivity contribution in [2.24, 2.45) is 0 Å². The monoisotopic (exact) mass is 200 g/mol. The van der Waals surface area contributed by atoms with Crippen LogP contribution in [-0.2, 0) is 32.7 Å². The molecule has 0 saturated heterocycles. The molecular weight excluding hydrogens is 189 g/mol. The molecule has 3 heteroatoms. The number of hydrogen-bond donors (Lipinski definition) is 0. The molecule has 0 aliphatic carbocycles. The number of imidazole rings is 1. The van der Waals surface area contributed by atoms with Gasteiger partial charge >= 0.3 is 0 Å². The maximum Gasteiger partial charge on any atom is 0 e. The number of rotatable bonds is 0. The van der Waals surface area contributed by atoms with Gasteiger partial charge in [-0.25, -0.2) is 0 Å². The molecule has 0 amide bonds. The van der Waals surface area contributed by atoms with Crippen LogP contribution in [0.3, 0.4) is 0 Å². The Kier molecular flexibility index (Phi) is 11.1. The molecule has 49 valence electrons. The first-order valence-corrected chi connectivity index (χ1v) is 2.79. The Balaban J connectivity index is 0. The van der Waals surface area contributed by atoms with E-state index in [1.54, 1.807) is 6.20 Å². The van der Waals surface area contributed by atoms with Gasteiger partial charge in [-0.05, 0) is 6.92 Å². The van der Waals surface area contributed by atoms with Gasteiger partial charge in [0.2, 0.25) is 0 Å². The predicted molar refractivity (Wildman–Crippen MR) is 33.6 cm³/mol. The van der Waals surface area contributed by atoms with Crippen LogP contribution in [-0.4, -0.2) is 4.98 Å². The summed E-state index contributed by atoms with van der Waals surface area (Å²) in [7, 11) is 0. The third-order valence-corrected chi connectivity index (χ3v) is 0.589. The van der Waals surface area contributed by atoms with E-state index in [9.17, 15) is 0 Å². The summed E-state index contributed by atoms with van der Waals surface area (Å²) >= 11 is 0. The average molecular weight is 200 g/mol. The largest absolute Gasteiger partial charge is 0.450 e. The van der Waals surface area contributed by atoms with E-state index in [1.807, 2.05) is 20.8 Å². The molecule has 1 heterocycles. The second kappa shape index (κ2) is 8.31. The van der Waals surface area contributed by atoms with E-state index >= 15 is 0 Å². The van der Waals surface area contributed by atoms with Crippen LogP contribution < -0.4 is 4.98 Å². The van der Waals surface area contributed by atoms with Crippen molar-refractivity contribution >= 4 is 0 Å². The van der Waals surface area contributed by atoms with Crippen LogP contribution in [0.15, 0.2) is 12.5 Å². The van der Waals surface area contributed by atoms with E-state index in [2.05, 4.69) is 9.97 Å². The summed E-state index contributed by atoms with van der Waals surface area (Å²) in [5, 5.41) is 0. The minimum atomic E-state index is 0. The maximum atomic E-state index is 3.81. The SMILES string of the molecule is CC.Cc1cnc[n-]1.[Y]. The molecule has 0 atom stereocenters. The van der Waals surface area contributed by atoms with Crippen LogP contribution in [0.4, 0.5) is 0 Å². The standard InChI is InChI=1S/C4H5N2.C2H6.Y/c1-4-2-5-3-6-4;1-2;/h2-3H,1H3;1-2H3;/q-1;;. The third-order valence-electron chi connectivity index (χ3n) is 0.589. The average Bonchev–Trinajstić information content (AvgIpc) is 2.24. The fourth-order valence-corrected chi connectivity index (χ4v) is 0.299. The Morgan fingerprint density at radius 1 is 1.44 bits per heavy atom. The smallest absolute Gasteiger partial charge is 0 e. The predicted octanol–water partition coefficient (Wildman–Crippen LogP) is 1.37. The Morgan fingerprint density at radius 3 is 2.11 bits per heavy atom. The van der Waals surface area contributed by atoms with Gasteiger partial charge in [0.1, 0.15) is 0 Å². The van der Waals surface area contributed by atoms with E-state index in [-0.39, 0.29) is 32.7 Å². The zero-order valence-corrected chi connectivity index (χ0v) is 8.96. The van der Waals surface area contributed by atoms with Gasteiger partial charge in [0.15, 0.2) is 0 Å². The molecule has 0 spiro atoms. The van der Waals surface area contributed by atoms with Gasteiger partial charge in [-0.15, -0.1) is 0 Å². The molecule has 0 aliphatic heterocycles. The minimum Gasteiger partial charge on any atom is -0.450 e. The zero-order valence-electron chi connectivity index (χ0n) is 6.13. The quantitative estimate of drug-likeness (QED) is 0.632. The van der Waals surface area contributed by atoms with Crippen LogP contribution in [0.1, 0.15) is 19.5 Å². The molecule has 1 aromatic rings. The van der Waals surface area contributed by atoms with Crippen LogP contribution in [0.5, 0.6) is 0 Å². The Hall–Kier alpha value is 0.314. The molecule has 0 N–H and O–H groups in total. The summed E-state index contributed by atoms with van der Waals surface area (Å²) in [6.07, 6.45) is 3.26. The summed E-state index contributed by atoms with van der Waals surface area (Å²) in [6.45, 7) is 5.91. The van der Waals surface area contributed by atoms with E-state index in [1.165, 1.54) is 6.33 Å². The molecule has 0 fully saturated rings. The number of aromatic nitrogens is 2. The molecule has 0 saturated carbocycles.